The maximum absolute atomic E-state index is 12.0. The summed E-state index contributed by atoms with van der Waals surface area (Å²) in [5, 5.41) is 16.3. The van der Waals surface area contributed by atoms with Crippen LogP contribution in [0.5, 0.6) is 0 Å². The molecule has 2 aromatic heterocycles. The predicted octanol–water partition coefficient (Wildman–Crippen LogP) is -0.912. The SMILES string of the molecule is Cc1nc(CCNS(=O)(=O)c2cnn(CCO)c2)no1. The summed E-state index contributed by atoms with van der Waals surface area (Å²) in [5.41, 5.74) is 0. The molecule has 110 valence electrons. The quantitative estimate of drug-likeness (QED) is 0.678. The van der Waals surface area contributed by atoms with Crippen molar-refractivity contribution in [1.82, 2.24) is 24.6 Å². The maximum atomic E-state index is 12.0. The number of sulfonamides is 1. The van der Waals surface area contributed by atoms with E-state index in [9.17, 15) is 8.42 Å². The van der Waals surface area contributed by atoms with Crippen molar-refractivity contribution in [3.8, 4) is 0 Å². The smallest absolute Gasteiger partial charge is 0.243 e. The normalized spacial score (nSPS) is 11.9. The first-order valence-corrected chi connectivity index (χ1v) is 7.42. The van der Waals surface area contributed by atoms with Crippen molar-refractivity contribution in [2.24, 2.45) is 0 Å². The zero-order chi connectivity index (χ0) is 14.6. The predicted molar refractivity (Wildman–Crippen MR) is 67.2 cm³/mol. The largest absolute Gasteiger partial charge is 0.394 e. The van der Waals surface area contributed by atoms with Gasteiger partial charge in [-0.25, -0.2) is 13.1 Å². The zero-order valence-corrected chi connectivity index (χ0v) is 11.7. The molecule has 2 heterocycles. The highest BCUT2D eigenvalue weighted by Gasteiger charge is 2.16. The lowest BCUT2D eigenvalue weighted by molar-refractivity contribution is 0.269. The highest BCUT2D eigenvalue weighted by molar-refractivity contribution is 7.89. The molecule has 0 fully saturated rings. The van der Waals surface area contributed by atoms with Gasteiger partial charge in [-0.15, -0.1) is 0 Å². The Morgan fingerprint density at radius 1 is 1.50 bits per heavy atom. The van der Waals surface area contributed by atoms with Gasteiger partial charge in [0.1, 0.15) is 4.90 Å². The Labute approximate surface area is 115 Å². The van der Waals surface area contributed by atoms with Crippen molar-refractivity contribution in [3.63, 3.8) is 0 Å². The first-order valence-electron chi connectivity index (χ1n) is 5.93. The molecule has 2 N–H and O–H groups in total. The summed E-state index contributed by atoms with van der Waals surface area (Å²) in [7, 11) is -3.62. The van der Waals surface area contributed by atoms with Gasteiger partial charge in [0.05, 0.1) is 19.3 Å². The van der Waals surface area contributed by atoms with Crippen LogP contribution >= 0.6 is 0 Å². The fraction of sp³-hybridized carbons (Fsp3) is 0.500. The number of hydrogen-bond donors (Lipinski definition) is 2. The number of aliphatic hydroxyl groups excluding tert-OH is 1. The van der Waals surface area contributed by atoms with E-state index < -0.39 is 10.0 Å². The van der Waals surface area contributed by atoms with Crippen LogP contribution in [0.15, 0.2) is 21.8 Å². The van der Waals surface area contributed by atoms with Crippen LogP contribution in [0.3, 0.4) is 0 Å². The molecule has 2 aromatic rings. The van der Waals surface area contributed by atoms with Gasteiger partial charge in [0.15, 0.2) is 5.82 Å². The molecule has 0 saturated carbocycles. The van der Waals surface area contributed by atoms with Gasteiger partial charge in [-0.1, -0.05) is 5.16 Å². The van der Waals surface area contributed by atoms with Crippen molar-refractivity contribution in [2.45, 2.75) is 24.8 Å². The lowest BCUT2D eigenvalue weighted by Crippen LogP contribution is -2.26. The van der Waals surface area contributed by atoms with E-state index in [0.29, 0.717) is 18.1 Å². The van der Waals surface area contributed by atoms with E-state index in [1.165, 1.54) is 17.1 Å². The van der Waals surface area contributed by atoms with Crippen LogP contribution in [0.2, 0.25) is 0 Å². The van der Waals surface area contributed by atoms with Crippen molar-refractivity contribution >= 4 is 10.0 Å². The van der Waals surface area contributed by atoms with E-state index in [2.05, 4.69) is 20.0 Å². The number of aliphatic hydroxyl groups is 1. The van der Waals surface area contributed by atoms with Crippen molar-refractivity contribution in [2.75, 3.05) is 13.2 Å². The van der Waals surface area contributed by atoms with Gasteiger partial charge < -0.3 is 9.63 Å². The fourth-order valence-electron chi connectivity index (χ4n) is 1.53. The average molecular weight is 301 g/mol. The second-order valence-corrected chi connectivity index (χ2v) is 5.81. The van der Waals surface area contributed by atoms with Gasteiger partial charge in [0.25, 0.3) is 0 Å². The van der Waals surface area contributed by atoms with Gasteiger partial charge in [0.2, 0.25) is 15.9 Å². The molecule has 0 saturated heterocycles. The molecule has 20 heavy (non-hydrogen) atoms. The van der Waals surface area contributed by atoms with E-state index in [4.69, 9.17) is 9.63 Å². The van der Waals surface area contributed by atoms with E-state index in [0.717, 1.165) is 0 Å². The van der Waals surface area contributed by atoms with E-state index in [1.807, 2.05) is 0 Å². The van der Waals surface area contributed by atoms with Crippen molar-refractivity contribution in [1.29, 1.82) is 0 Å². The molecule has 9 nitrogen and oxygen atoms in total. The molecule has 0 aliphatic carbocycles. The van der Waals surface area contributed by atoms with Crippen LogP contribution in [0, 0.1) is 6.92 Å². The van der Waals surface area contributed by atoms with Crippen LogP contribution in [0.25, 0.3) is 0 Å². The van der Waals surface area contributed by atoms with Crippen LogP contribution in [0.1, 0.15) is 11.7 Å². The minimum absolute atomic E-state index is 0.0512. The highest BCUT2D eigenvalue weighted by atomic mass is 32.2. The molecule has 0 radical (unpaired) electrons. The summed E-state index contributed by atoms with van der Waals surface area (Å²) in [6.45, 7) is 1.96. The Morgan fingerprint density at radius 3 is 2.95 bits per heavy atom. The second kappa shape index (κ2) is 6.11. The summed E-state index contributed by atoms with van der Waals surface area (Å²) in [4.78, 5) is 4.03. The molecule has 0 atom stereocenters. The summed E-state index contributed by atoms with van der Waals surface area (Å²) in [6, 6.07) is 0. The van der Waals surface area contributed by atoms with Gasteiger partial charge >= 0.3 is 0 Å². The zero-order valence-electron chi connectivity index (χ0n) is 10.9. The monoisotopic (exact) mass is 301 g/mol. The molecule has 0 aromatic carbocycles. The summed E-state index contributed by atoms with van der Waals surface area (Å²) < 4.78 is 32.5. The number of nitrogens with one attached hydrogen (secondary N) is 1. The van der Waals surface area contributed by atoms with Crippen molar-refractivity contribution < 1.29 is 18.0 Å². The maximum Gasteiger partial charge on any atom is 0.243 e. The van der Waals surface area contributed by atoms with Crippen LogP contribution in [0.4, 0.5) is 0 Å². The Bertz CT molecular complexity index is 663. The van der Waals surface area contributed by atoms with Crippen LogP contribution in [-0.2, 0) is 23.0 Å². The molecular weight excluding hydrogens is 286 g/mol. The minimum atomic E-state index is -3.62. The molecule has 10 heteroatoms. The molecule has 0 amide bonds. The van der Waals surface area contributed by atoms with Gasteiger partial charge in [0, 0.05) is 26.1 Å². The topological polar surface area (TPSA) is 123 Å². The van der Waals surface area contributed by atoms with Crippen LogP contribution in [-0.4, -0.2) is 46.6 Å². The third kappa shape index (κ3) is 3.62. The molecule has 0 aliphatic rings. The summed E-state index contributed by atoms with van der Waals surface area (Å²) in [6.07, 6.45) is 2.93. The first-order chi connectivity index (χ1) is 9.51. The number of rotatable bonds is 7. The lowest BCUT2D eigenvalue weighted by atomic mass is 10.4. The minimum Gasteiger partial charge on any atom is -0.394 e. The molecule has 0 aliphatic heterocycles. The molecule has 0 unspecified atom stereocenters. The Kier molecular flexibility index (Phi) is 4.47. The first kappa shape index (κ1) is 14.6. The van der Waals surface area contributed by atoms with E-state index >= 15 is 0 Å². The number of aryl methyl sites for hydroxylation is 1. The molecule has 0 bridgehead atoms. The fourth-order valence-corrected chi connectivity index (χ4v) is 2.52. The summed E-state index contributed by atoms with van der Waals surface area (Å²) in [5.74, 6) is 0.884. The van der Waals surface area contributed by atoms with Crippen LogP contribution < -0.4 is 4.72 Å². The Balaban J connectivity index is 1.92. The van der Waals surface area contributed by atoms with E-state index in [-0.39, 0.29) is 24.6 Å². The summed E-state index contributed by atoms with van der Waals surface area (Å²) >= 11 is 0. The van der Waals surface area contributed by atoms with E-state index in [1.54, 1.807) is 6.92 Å². The molecular formula is C10H15N5O4S. The standard InChI is InChI=1S/C10H15N5O4S/c1-8-13-10(14-19-8)2-3-12-20(17,18)9-6-11-15(7-9)4-5-16/h6-7,12,16H,2-5H2,1H3. The van der Waals surface area contributed by atoms with Gasteiger partial charge in [-0.05, 0) is 0 Å². The Morgan fingerprint density at radius 2 is 2.30 bits per heavy atom. The second-order valence-electron chi connectivity index (χ2n) is 4.04. The molecule has 0 spiro atoms. The number of hydrogen-bond acceptors (Lipinski definition) is 7. The molecule has 2 rings (SSSR count). The van der Waals surface area contributed by atoms with Crippen molar-refractivity contribution in [3.05, 3.63) is 24.1 Å². The number of aromatic nitrogens is 4. The third-order valence-electron chi connectivity index (χ3n) is 2.46. The third-order valence-corrected chi connectivity index (χ3v) is 3.87. The lowest BCUT2D eigenvalue weighted by Gasteiger charge is -2.02. The average Bonchev–Trinajstić information content (AvgIpc) is 2.99. The van der Waals surface area contributed by atoms with Gasteiger partial charge in [-0.2, -0.15) is 10.1 Å². The Hall–Kier alpha value is -1.78. The highest BCUT2D eigenvalue weighted by Crippen LogP contribution is 2.06. The van der Waals surface area contributed by atoms with Gasteiger partial charge in [-0.3, -0.25) is 4.68 Å². The number of nitrogens with zero attached hydrogens (tertiary/aromatic N) is 4.